The number of fused-ring (bicyclic) bond motifs is 1. The zero-order valence-corrected chi connectivity index (χ0v) is 9.27. The van der Waals surface area contributed by atoms with Crippen molar-refractivity contribution in [2.45, 2.75) is 20.0 Å². The van der Waals surface area contributed by atoms with E-state index in [0.717, 1.165) is 12.1 Å². The summed E-state index contributed by atoms with van der Waals surface area (Å²) < 4.78 is 37.5. The van der Waals surface area contributed by atoms with Gasteiger partial charge in [0.1, 0.15) is 0 Å². The van der Waals surface area contributed by atoms with Gasteiger partial charge in [0, 0.05) is 22.2 Å². The maximum atomic E-state index is 12.5. The summed E-state index contributed by atoms with van der Waals surface area (Å²) in [6.07, 6.45) is -4.43. The Hall–Kier alpha value is -1.78. The van der Waals surface area contributed by atoms with Crippen LogP contribution >= 0.6 is 0 Å². The first-order chi connectivity index (χ1) is 7.80. The van der Waals surface area contributed by atoms with Crippen molar-refractivity contribution in [2.75, 3.05) is 0 Å². The normalized spacial score (nSPS) is 12.1. The van der Waals surface area contributed by atoms with Crippen molar-refractivity contribution in [1.29, 1.82) is 0 Å². The standard InChI is InChI=1S/C12H10F3NO/c1-6-7(2)16-10-4-3-8(12(13,14)15)5-9(10)11(6)17/h3-5H,1-2H3,(H,16,17). The molecule has 0 fully saturated rings. The molecule has 0 bridgehead atoms. The Labute approximate surface area is 95.1 Å². The Morgan fingerprint density at radius 3 is 2.41 bits per heavy atom. The maximum absolute atomic E-state index is 12.5. The van der Waals surface area contributed by atoms with Gasteiger partial charge in [-0.1, -0.05) is 0 Å². The van der Waals surface area contributed by atoms with Crippen molar-refractivity contribution >= 4 is 10.9 Å². The molecule has 1 N–H and O–H groups in total. The number of nitrogens with one attached hydrogen (secondary N) is 1. The molecule has 2 rings (SSSR count). The number of alkyl halides is 3. The third kappa shape index (κ3) is 1.92. The number of H-pyrrole nitrogens is 1. The number of benzene rings is 1. The molecule has 1 heterocycles. The van der Waals surface area contributed by atoms with Crippen LogP contribution in [0.5, 0.6) is 0 Å². The van der Waals surface area contributed by atoms with Crippen LogP contribution in [0.2, 0.25) is 0 Å². The number of hydrogen-bond donors (Lipinski definition) is 1. The van der Waals surface area contributed by atoms with Gasteiger partial charge in [-0.15, -0.1) is 0 Å². The summed E-state index contributed by atoms with van der Waals surface area (Å²) in [6.45, 7) is 3.31. The van der Waals surface area contributed by atoms with Crippen molar-refractivity contribution < 1.29 is 13.2 Å². The zero-order valence-electron chi connectivity index (χ0n) is 9.27. The fourth-order valence-corrected chi connectivity index (χ4v) is 1.69. The molecule has 1 aromatic carbocycles. The summed E-state index contributed by atoms with van der Waals surface area (Å²) in [5, 5.41) is 0.0722. The van der Waals surface area contributed by atoms with Crippen LogP contribution in [0.1, 0.15) is 16.8 Å². The van der Waals surface area contributed by atoms with E-state index in [2.05, 4.69) is 4.98 Å². The number of aromatic amines is 1. The van der Waals surface area contributed by atoms with E-state index in [1.807, 2.05) is 0 Å². The molecule has 2 nitrogen and oxygen atoms in total. The quantitative estimate of drug-likeness (QED) is 0.755. The lowest BCUT2D eigenvalue weighted by molar-refractivity contribution is -0.137. The van der Waals surface area contributed by atoms with Crippen LogP contribution in [-0.4, -0.2) is 4.98 Å². The lowest BCUT2D eigenvalue weighted by atomic mass is 10.1. The lowest BCUT2D eigenvalue weighted by Crippen LogP contribution is -2.12. The Morgan fingerprint density at radius 1 is 1.18 bits per heavy atom. The second kappa shape index (κ2) is 3.61. The third-order valence-corrected chi connectivity index (χ3v) is 2.82. The van der Waals surface area contributed by atoms with Crippen molar-refractivity contribution in [3.05, 3.63) is 45.2 Å². The molecule has 0 saturated carbocycles. The molecule has 5 heteroatoms. The smallest absolute Gasteiger partial charge is 0.358 e. The largest absolute Gasteiger partial charge is 0.416 e. The summed E-state index contributed by atoms with van der Waals surface area (Å²) in [4.78, 5) is 14.8. The Kier molecular flexibility index (Phi) is 2.49. The minimum Gasteiger partial charge on any atom is -0.358 e. The molecule has 1 aromatic heterocycles. The SMILES string of the molecule is Cc1[nH]c2ccc(C(F)(F)F)cc2c(=O)c1C. The van der Waals surface area contributed by atoms with E-state index in [1.54, 1.807) is 13.8 Å². The van der Waals surface area contributed by atoms with Gasteiger partial charge in [-0.3, -0.25) is 4.79 Å². The Morgan fingerprint density at radius 2 is 1.82 bits per heavy atom. The van der Waals surface area contributed by atoms with Gasteiger partial charge in [0.25, 0.3) is 0 Å². The first kappa shape index (κ1) is 11.7. The highest BCUT2D eigenvalue weighted by atomic mass is 19.4. The molecule has 90 valence electrons. The molecule has 0 aliphatic rings. The third-order valence-electron chi connectivity index (χ3n) is 2.82. The highest BCUT2D eigenvalue weighted by molar-refractivity contribution is 5.80. The topological polar surface area (TPSA) is 32.9 Å². The van der Waals surface area contributed by atoms with Crippen molar-refractivity contribution in [3.8, 4) is 0 Å². The van der Waals surface area contributed by atoms with Crippen LogP contribution in [0.25, 0.3) is 10.9 Å². The highest BCUT2D eigenvalue weighted by Crippen LogP contribution is 2.30. The van der Waals surface area contributed by atoms with Crippen molar-refractivity contribution in [3.63, 3.8) is 0 Å². The molecule has 0 unspecified atom stereocenters. The number of rotatable bonds is 0. The molecule has 0 spiro atoms. The molecule has 0 aliphatic heterocycles. The van der Waals surface area contributed by atoms with E-state index in [1.165, 1.54) is 6.07 Å². The molecule has 0 amide bonds. The van der Waals surface area contributed by atoms with E-state index >= 15 is 0 Å². The van der Waals surface area contributed by atoms with Gasteiger partial charge in [-0.2, -0.15) is 13.2 Å². The van der Waals surface area contributed by atoms with Gasteiger partial charge < -0.3 is 4.98 Å². The molecule has 0 radical (unpaired) electrons. The van der Waals surface area contributed by atoms with Gasteiger partial charge in [0.15, 0.2) is 5.43 Å². The minimum absolute atomic E-state index is 0.0722. The maximum Gasteiger partial charge on any atom is 0.416 e. The van der Waals surface area contributed by atoms with Gasteiger partial charge in [0.2, 0.25) is 0 Å². The molecule has 2 aromatic rings. The number of pyridine rings is 1. The van der Waals surface area contributed by atoms with Crippen LogP contribution in [0, 0.1) is 13.8 Å². The van der Waals surface area contributed by atoms with E-state index in [4.69, 9.17) is 0 Å². The zero-order chi connectivity index (χ0) is 12.8. The van der Waals surface area contributed by atoms with Crippen LogP contribution in [0.3, 0.4) is 0 Å². The second-order valence-electron chi connectivity index (χ2n) is 3.96. The van der Waals surface area contributed by atoms with E-state index in [-0.39, 0.29) is 10.8 Å². The lowest BCUT2D eigenvalue weighted by Gasteiger charge is -2.09. The van der Waals surface area contributed by atoms with Crippen LogP contribution in [-0.2, 0) is 6.18 Å². The average Bonchev–Trinajstić information content (AvgIpc) is 2.24. The predicted octanol–water partition coefficient (Wildman–Crippen LogP) is 3.16. The number of aryl methyl sites for hydroxylation is 1. The molecular weight excluding hydrogens is 231 g/mol. The first-order valence-corrected chi connectivity index (χ1v) is 5.01. The molecule has 0 atom stereocenters. The highest BCUT2D eigenvalue weighted by Gasteiger charge is 2.30. The number of hydrogen-bond acceptors (Lipinski definition) is 1. The predicted molar refractivity (Wildman–Crippen MR) is 59.0 cm³/mol. The second-order valence-corrected chi connectivity index (χ2v) is 3.96. The van der Waals surface area contributed by atoms with E-state index in [0.29, 0.717) is 16.8 Å². The Balaban J connectivity index is 2.83. The fourth-order valence-electron chi connectivity index (χ4n) is 1.69. The number of aromatic nitrogens is 1. The van der Waals surface area contributed by atoms with Crippen molar-refractivity contribution in [2.24, 2.45) is 0 Å². The summed E-state index contributed by atoms with van der Waals surface area (Å²) >= 11 is 0. The van der Waals surface area contributed by atoms with Crippen LogP contribution in [0.4, 0.5) is 13.2 Å². The van der Waals surface area contributed by atoms with Crippen LogP contribution in [0.15, 0.2) is 23.0 Å². The fraction of sp³-hybridized carbons (Fsp3) is 0.250. The monoisotopic (exact) mass is 241 g/mol. The van der Waals surface area contributed by atoms with E-state index in [9.17, 15) is 18.0 Å². The molecule has 0 aliphatic carbocycles. The summed E-state index contributed by atoms with van der Waals surface area (Å²) in [6, 6.07) is 3.14. The van der Waals surface area contributed by atoms with Crippen molar-refractivity contribution in [1.82, 2.24) is 4.98 Å². The minimum atomic E-state index is -4.43. The molecule has 17 heavy (non-hydrogen) atoms. The van der Waals surface area contributed by atoms with Crippen LogP contribution < -0.4 is 5.43 Å². The van der Waals surface area contributed by atoms with Gasteiger partial charge >= 0.3 is 6.18 Å². The summed E-state index contributed by atoms with van der Waals surface area (Å²) in [7, 11) is 0. The van der Waals surface area contributed by atoms with E-state index < -0.39 is 11.7 Å². The van der Waals surface area contributed by atoms with Gasteiger partial charge in [-0.05, 0) is 32.0 Å². The summed E-state index contributed by atoms with van der Waals surface area (Å²) in [5.74, 6) is 0. The molecule has 0 saturated heterocycles. The van der Waals surface area contributed by atoms with Gasteiger partial charge in [0.05, 0.1) is 5.56 Å². The summed E-state index contributed by atoms with van der Waals surface area (Å²) in [5.41, 5.74) is 0.367. The average molecular weight is 241 g/mol. The first-order valence-electron chi connectivity index (χ1n) is 5.01. The number of halogens is 3. The van der Waals surface area contributed by atoms with Gasteiger partial charge in [-0.25, -0.2) is 0 Å². The molecular formula is C12H10F3NO. The Bertz CT molecular complexity index is 640.